The number of aryl methyl sites for hydroxylation is 1. The van der Waals surface area contributed by atoms with Crippen molar-refractivity contribution in [2.75, 3.05) is 0 Å². The lowest BCUT2D eigenvalue weighted by molar-refractivity contribution is -0.124. The molecule has 3 N–H and O–H groups in total. The number of carbonyl (C=O) groups excluding carboxylic acids is 3. The largest absolute Gasteiger partial charge is 0.340 e. The number of pyridine rings is 1. The van der Waals surface area contributed by atoms with E-state index in [1.807, 2.05) is 63.2 Å². The zero-order valence-electron chi connectivity index (χ0n) is 20.2. The van der Waals surface area contributed by atoms with Crippen molar-refractivity contribution in [2.24, 2.45) is 5.92 Å². The molecule has 0 radical (unpaired) electrons. The third kappa shape index (κ3) is 5.92. The number of carbonyl (C=O) groups is 3. The number of hydrazine groups is 1. The van der Waals surface area contributed by atoms with E-state index in [0.29, 0.717) is 17.0 Å². The molecule has 0 aliphatic carbocycles. The lowest BCUT2D eigenvalue weighted by Crippen LogP contribution is -2.52. The van der Waals surface area contributed by atoms with Crippen LogP contribution in [-0.2, 0) is 4.79 Å². The molecule has 184 valence electrons. The Kier molecular flexibility index (Phi) is 7.70. The van der Waals surface area contributed by atoms with Crippen LogP contribution in [0.2, 0.25) is 0 Å². The number of nitrogens with one attached hydrogen (secondary N) is 3. The quantitative estimate of drug-likeness (QED) is 0.327. The molecule has 0 aliphatic rings. The van der Waals surface area contributed by atoms with E-state index in [-0.39, 0.29) is 11.6 Å². The first-order valence-corrected chi connectivity index (χ1v) is 12.5. The fraction of sp³-hybridized carbons (Fsp3) is 0.222. The molecule has 2 aromatic heterocycles. The first-order valence-electron chi connectivity index (χ1n) is 11.6. The average molecular weight is 502 g/mol. The molecule has 0 unspecified atom stereocenters. The standard InChI is InChI=1S/C27H27N5O3S/c1-16(2)13-22(29-24(33)19-12-11-17(3)28-14-19)25(34)31-32-26(35)23-15-36-27(30-23)21-10-6-8-18-7-4-5-9-20(18)21/h4-12,14-16,22H,13H2,1-3H3,(H,29,33)(H,31,34)(H,32,35)/t22-/m0/s1. The molecule has 0 aliphatic heterocycles. The summed E-state index contributed by atoms with van der Waals surface area (Å²) in [5, 5.41) is 7.22. The zero-order valence-corrected chi connectivity index (χ0v) is 21.1. The van der Waals surface area contributed by atoms with Gasteiger partial charge in [-0.1, -0.05) is 56.3 Å². The van der Waals surface area contributed by atoms with Gasteiger partial charge in [-0.2, -0.15) is 0 Å². The minimum absolute atomic E-state index is 0.134. The number of nitrogens with zero attached hydrogens (tertiary/aromatic N) is 2. The van der Waals surface area contributed by atoms with Crippen molar-refractivity contribution in [1.82, 2.24) is 26.1 Å². The fourth-order valence-corrected chi connectivity index (χ4v) is 4.57. The van der Waals surface area contributed by atoms with Crippen molar-refractivity contribution < 1.29 is 14.4 Å². The van der Waals surface area contributed by atoms with Gasteiger partial charge < -0.3 is 5.32 Å². The van der Waals surface area contributed by atoms with Gasteiger partial charge in [0.2, 0.25) is 0 Å². The van der Waals surface area contributed by atoms with Gasteiger partial charge in [-0.15, -0.1) is 11.3 Å². The highest BCUT2D eigenvalue weighted by molar-refractivity contribution is 7.13. The molecule has 2 aromatic carbocycles. The maximum Gasteiger partial charge on any atom is 0.289 e. The van der Waals surface area contributed by atoms with Gasteiger partial charge in [-0.3, -0.25) is 30.2 Å². The predicted octanol–water partition coefficient (Wildman–Crippen LogP) is 4.27. The third-order valence-electron chi connectivity index (χ3n) is 5.56. The second-order valence-electron chi connectivity index (χ2n) is 8.85. The molecule has 0 saturated heterocycles. The minimum atomic E-state index is -0.833. The molecular formula is C27H27N5O3S. The molecule has 4 rings (SSSR count). The summed E-state index contributed by atoms with van der Waals surface area (Å²) in [6.45, 7) is 5.72. The van der Waals surface area contributed by atoms with Crippen LogP contribution in [0.4, 0.5) is 0 Å². The molecule has 2 heterocycles. The first kappa shape index (κ1) is 25.0. The lowest BCUT2D eigenvalue weighted by Gasteiger charge is -2.20. The normalized spacial score (nSPS) is 11.8. The van der Waals surface area contributed by atoms with Gasteiger partial charge in [-0.25, -0.2) is 4.98 Å². The first-order chi connectivity index (χ1) is 17.3. The van der Waals surface area contributed by atoms with Crippen LogP contribution >= 0.6 is 11.3 Å². The van der Waals surface area contributed by atoms with Crippen molar-refractivity contribution in [3.05, 3.63) is 83.1 Å². The highest BCUT2D eigenvalue weighted by Crippen LogP contribution is 2.30. The Hall–Kier alpha value is -4.11. The summed E-state index contributed by atoms with van der Waals surface area (Å²) in [6.07, 6.45) is 1.86. The zero-order chi connectivity index (χ0) is 25.7. The Balaban J connectivity index is 1.41. The topological polar surface area (TPSA) is 113 Å². The van der Waals surface area contributed by atoms with E-state index in [1.165, 1.54) is 17.5 Å². The van der Waals surface area contributed by atoms with Crippen LogP contribution in [0.1, 0.15) is 46.8 Å². The lowest BCUT2D eigenvalue weighted by atomic mass is 10.0. The van der Waals surface area contributed by atoms with Gasteiger partial charge in [0.25, 0.3) is 17.7 Å². The van der Waals surface area contributed by atoms with Crippen LogP contribution in [0.15, 0.2) is 66.2 Å². The highest BCUT2D eigenvalue weighted by Gasteiger charge is 2.24. The third-order valence-corrected chi connectivity index (χ3v) is 6.43. The molecule has 4 aromatic rings. The van der Waals surface area contributed by atoms with Crippen LogP contribution in [0.5, 0.6) is 0 Å². The Morgan fingerprint density at radius 3 is 2.47 bits per heavy atom. The molecule has 0 saturated carbocycles. The van der Waals surface area contributed by atoms with Gasteiger partial charge in [0.05, 0.1) is 5.56 Å². The Bertz CT molecular complexity index is 1390. The van der Waals surface area contributed by atoms with Gasteiger partial charge in [-0.05, 0) is 42.2 Å². The molecule has 1 atom stereocenters. The molecule has 0 spiro atoms. The summed E-state index contributed by atoms with van der Waals surface area (Å²) < 4.78 is 0. The number of benzene rings is 2. The summed E-state index contributed by atoms with van der Waals surface area (Å²) in [4.78, 5) is 46.7. The highest BCUT2D eigenvalue weighted by atomic mass is 32.1. The van der Waals surface area contributed by atoms with Gasteiger partial charge >= 0.3 is 0 Å². The average Bonchev–Trinajstić information content (AvgIpc) is 3.36. The molecule has 36 heavy (non-hydrogen) atoms. The maximum atomic E-state index is 12.8. The number of hydrogen-bond acceptors (Lipinski definition) is 6. The Morgan fingerprint density at radius 1 is 0.944 bits per heavy atom. The number of amides is 3. The number of rotatable bonds is 7. The predicted molar refractivity (Wildman–Crippen MR) is 140 cm³/mol. The second-order valence-corrected chi connectivity index (χ2v) is 9.71. The second kappa shape index (κ2) is 11.1. The number of aromatic nitrogens is 2. The molecular weight excluding hydrogens is 474 g/mol. The summed E-state index contributed by atoms with van der Waals surface area (Å²) in [7, 11) is 0. The molecule has 9 heteroatoms. The Morgan fingerprint density at radius 2 is 1.72 bits per heavy atom. The summed E-state index contributed by atoms with van der Waals surface area (Å²) in [6, 6.07) is 16.5. The van der Waals surface area contributed by atoms with Crippen LogP contribution in [0, 0.1) is 12.8 Å². The van der Waals surface area contributed by atoms with Crippen LogP contribution in [-0.4, -0.2) is 33.7 Å². The van der Waals surface area contributed by atoms with Crippen molar-refractivity contribution in [3.8, 4) is 10.6 Å². The van der Waals surface area contributed by atoms with Crippen molar-refractivity contribution >= 4 is 39.8 Å². The van der Waals surface area contributed by atoms with E-state index in [0.717, 1.165) is 22.0 Å². The van der Waals surface area contributed by atoms with Gasteiger partial charge in [0.1, 0.15) is 16.7 Å². The maximum absolute atomic E-state index is 12.8. The van der Waals surface area contributed by atoms with Gasteiger partial charge in [0, 0.05) is 22.8 Å². The SMILES string of the molecule is Cc1ccc(C(=O)N[C@@H](CC(C)C)C(=O)NNC(=O)c2csc(-c3cccc4ccccc34)n2)cn1. The van der Waals surface area contributed by atoms with Crippen molar-refractivity contribution in [1.29, 1.82) is 0 Å². The fourth-order valence-electron chi connectivity index (χ4n) is 3.73. The monoisotopic (exact) mass is 501 g/mol. The van der Waals surface area contributed by atoms with E-state index >= 15 is 0 Å². The summed E-state index contributed by atoms with van der Waals surface area (Å²) >= 11 is 1.35. The minimum Gasteiger partial charge on any atom is -0.340 e. The smallest absolute Gasteiger partial charge is 0.289 e. The van der Waals surface area contributed by atoms with E-state index in [9.17, 15) is 14.4 Å². The molecule has 0 bridgehead atoms. The van der Waals surface area contributed by atoms with E-state index in [4.69, 9.17) is 0 Å². The Labute approximate surface area is 213 Å². The number of thiazole rings is 1. The molecule has 3 amide bonds. The number of fused-ring (bicyclic) bond motifs is 1. The van der Waals surface area contributed by atoms with E-state index < -0.39 is 23.8 Å². The van der Waals surface area contributed by atoms with Crippen LogP contribution < -0.4 is 16.2 Å². The van der Waals surface area contributed by atoms with Gasteiger partial charge in [0.15, 0.2) is 0 Å². The van der Waals surface area contributed by atoms with Crippen LogP contribution in [0.25, 0.3) is 21.3 Å². The van der Waals surface area contributed by atoms with E-state index in [1.54, 1.807) is 17.5 Å². The van der Waals surface area contributed by atoms with Crippen molar-refractivity contribution in [3.63, 3.8) is 0 Å². The van der Waals surface area contributed by atoms with E-state index in [2.05, 4.69) is 26.1 Å². The summed E-state index contributed by atoms with van der Waals surface area (Å²) in [5.74, 6) is -1.33. The molecule has 8 nitrogen and oxygen atoms in total. The van der Waals surface area contributed by atoms with Crippen molar-refractivity contribution in [2.45, 2.75) is 33.2 Å². The molecule has 0 fully saturated rings. The number of hydrogen-bond donors (Lipinski definition) is 3. The summed E-state index contributed by atoms with van der Waals surface area (Å²) in [5.41, 5.74) is 7.12. The van der Waals surface area contributed by atoms with Crippen LogP contribution in [0.3, 0.4) is 0 Å².